The number of amides is 2. The number of nitrogens with zero attached hydrogens (tertiary/aromatic N) is 6. The average molecular weight is 218 g/mol. The molecule has 0 aromatic carbocycles. The van der Waals surface area contributed by atoms with Crippen molar-refractivity contribution >= 4 is 11.8 Å². The van der Waals surface area contributed by atoms with Crippen molar-refractivity contribution in [3.05, 3.63) is 44.7 Å². The Kier molecular flexibility index (Phi) is 3.85. The van der Waals surface area contributed by atoms with Crippen molar-refractivity contribution in [3.63, 3.8) is 0 Å². The van der Waals surface area contributed by atoms with Crippen molar-refractivity contribution in [1.82, 2.24) is 0 Å². The van der Waals surface area contributed by atoms with Crippen LogP contribution in [0.15, 0.2) is 34.0 Å². The molecule has 1 aliphatic rings. The number of azide groups is 2. The van der Waals surface area contributed by atoms with E-state index in [4.69, 9.17) is 11.1 Å². The zero-order chi connectivity index (χ0) is 12.0. The summed E-state index contributed by atoms with van der Waals surface area (Å²) in [6.45, 7) is 0. The summed E-state index contributed by atoms with van der Waals surface area (Å²) in [5.74, 6) is -2.46. The number of carbonyl (C=O) groups excluding carboxylic acids is 2. The number of hydrogen-bond acceptors (Lipinski definition) is 2. The van der Waals surface area contributed by atoms with Crippen molar-refractivity contribution in [2.75, 3.05) is 0 Å². The van der Waals surface area contributed by atoms with Gasteiger partial charge in [0.1, 0.15) is 0 Å². The normalized spacial score (nSPS) is 17.8. The van der Waals surface area contributed by atoms with Gasteiger partial charge in [0.2, 0.25) is 11.8 Å². The maximum absolute atomic E-state index is 11.3. The van der Waals surface area contributed by atoms with Crippen molar-refractivity contribution in [3.8, 4) is 0 Å². The van der Waals surface area contributed by atoms with Gasteiger partial charge in [-0.25, -0.2) is 0 Å². The average Bonchev–Trinajstić information content (AvgIpc) is 2.30. The monoisotopic (exact) mass is 218 g/mol. The van der Waals surface area contributed by atoms with Crippen LogP contribution in [0.1, 0.15) is 6.42 Å². The summed E-state index contributed by atoms with van der Waals surface area (Å²) in [4.78, 5) is 27.3. The molecule has 0 fully saturated rings. The van der Waals surface area contributed by atoms with E-state index < -0.39 is 17.7 Å². The number of rotatable bonds is 2. The van der Waals surface area contributed by atoms with E-state index in [9.17, 15) is 9.59 Å². The molecule has 0 heterocycles. The lowest BCUT2D eigenvalue weighted by Gasteiger charge is -2.15. The first kappa shape index (κ1) is 11.5. The van der Waals surface area contributed by atoms with E-state index >= 15 is 0 Å². The van der Waals surface area contributed by atoms with E-state index in [1.54, 1.807) is 12.2 Å². The Morgan fingerprint density at radius 2 is 2.00 bits per heavy atom. The van der Waals surface area contributed by atoms with Gasteiger partial charge >= 0.3 is 0 Å². The molecule has 1 unspecified atom stereocenters. The van der Waals surface area contributed by atoms with Gasteiger partial charge in [-0.2, -0.15) is 0 Å². The standard InChI is InChI=1S/C8H6N6O2/c9-13-11-7(15)5-3-1-2-4-6(5)8(16)12-14-10/h1-3,6H,4H2. The lowest BCUT2D eigenvalue weighted by atomic mass is 9.90. The third-order valence-electron chi connectivity index (χ3n) is 1.98. The van der Waals surface area contributed by atoms with Crippen LogP contribution in [0.4, 0.5) is 0 Å². The van der Waals surface area contributed by atoms with Crippen molar-refractivity contribution in [2.45, 2.75) is 6.42 Å². The molecule has 80 valence electrons. The predicted molar refractivity (Wildman–Crippen MR) is 53.6 cm³/mol. The molecule has 8 heteroatoms. The molecule has 0 aliphatic heterocycles. The molecule has 0 bridgehead atoms. The van der Waals surface area contributed by atoms with Crippen LogP contribution in [0.2, 0.25) is 0 Å². The molecule has 2 amide bonds. The Morgan fingerprint density at radius 1 is 1.31 bits per heavy atom. The van der Waals surface area contributed by atoms with Crippen molar-refractivity contribution < 1.29 is 9.59 Å². The van der Waals surface area contributed by atoms with E-state index in [0.717, 1.165) is 0 Å². The lowest BCUT2D eigenvalue weighted by Crippen LogP contribution is -2.20. The molecule has 1 aliphatic carbocycles. The van der Waals surface area contributed by atoms with Crippen LogP contribution in [0.5, 0.6) is 0 Å². The van der Waals surface area contributed by atoms with Crippen LogP contribution < -0.4 is 0 Å². The van der Waals surface area contributed by atoms with Gasteiger partial charge in [-0.15, -0.1) is 0 Å². The molecule has 0 saturated heterocycles. The second kappa shape index (κ2) is 5.35. The predicted octanol–water partition coefficient (Wildman–Crippen LogP) is 2.16. The molecule has 1 atom stereocenters. The van der Waals surface area contributed by atoms with Gasteiger partial charge in [-0.1, -0.05) is 18.2 Å². The fraction of sp³-hybridized carbons (Fsp3) is 0.250. The number of carbonyl (C=O) groups is 2. The first-order valence-electron chi connectivity index (χ1n) is 4.25. The zero-order valence-corrected chi connectivity index (χ0v) is 8.02. The number of allylic oxidation sites excluding steroid dienone is 3. The highest BCUT2D eigenvalue weighted by molar-refractivity contribution is 6.01. The maximum Gasteiger partial charge on any atom is 0.245 e. The largest absolute Gasteiger partial charge is 0.292 e. The molecule has 0 spiro atoms. The van der Waals surface area contributed by atoms with Gasteiger partial charge in [-0.05, 0) is 27.7 Å². The summed E-state index contributed by atoms with van der Waals surface area (Å²) in [5.41, 5.74) is 16.3. The van der Waals surface area contributed by atoms with Gasteiger partial charge in [0.05, 0.1) is 5.92 Å². The Bertz CT molecular complexity index is 479. The summed E-state index contributed by atoms with van der Waals surface area (Å²) in [7, 11) is 0. The Labute approximate surface area is 89.5 Å². The minimum absolute atomic E-state index is 0.0395. The molecular formula is C8H6N6O2. The van der Waals surface area contributed by atoms with E-state index in [0.29, 0.717) is 0 Å². The summed E-state index contributed by atoms with van der Waals surface area (Å²) in [6, 6.07) is 0. The van der Waals surface area contributed by atoms with Gasteiger partial charge in [0.25, 0.3) is 0 Å². The zero-order valence-electron chi connectivity index (χ0n) is 8.02. The second-order valence-electron chi connectivity index (χ2n) is 2.86. The molecule has 1 rings (SSSR count). The van der Waals surface area contributed by atoms with Crippen molar-refractivity contribution in [2.24, 2.45) is 16.1 Å². The molecule has 0 aromatic rings. The summed E-state index contributed by atoms with van der Waals surface area (Å²) < 4.78 is 0. The molecule has 0 saturated carbocycles. The van der Waals surface area contributed by atoms with Crippen LogP contribution in [0.3, 0.4) is 0 Å². The molecule has 8 nitrogen and oxygen atoms in total. The van der Waals surface area contributed by atoms with Crippen LogP contribution in [0.25, 0.3) is 20.9 Å². The first-order chi connectivity index (χ1) is 7.70. The van der Waals surface area contributed by atoms with Gasteiger partial charge in [-0.3, -0.25) is 9.59 Å². The molecule has 0 N–H and O–H groups in total. The summed E-state index contributed by atoms with van der Waals surface area (Å²) in [6.07, 6.45) is 4.84. The lowest BCUT2D eigenvalue weighted by molar-refractivity contribution is -0.123. The quantitative estimate of drug-likeness (QED) is 0.399. The minimum atomic E-state index is -0.862. The Hall–Kier alpha value is -2.56. The third-order valence-corrected chi connectivity index (χ3v) is 1.98. The van der Waals surface area contributed by atoms with Gasteiger partial charge in [0, 0.05) is 15.4 Å². The summed E-state index contributed by atoms with van der Waals surface area (Å²) in [5, 5.41) is 5.81. The van der Waals surface area contributed by atoms with E-state index in [1.165, 1.54) is 6.08 Å². The van der Waals surface area contributed by atoms with Crippen LogP contribution >= 0.6 is 0 Å². The Balaban J connectivity index is 3.02. The second-order valence-corrected chi connectivity index (χ2v) is 2.86. The molecular weight excluding hydrogens is 212 g/mol. The van der Waals surface area contributed by atoms with Gasteiger partial charge < -0.3 is 0 Å². The highest BCUT2D eigenvalue weighted by atomic mass is 16.2. The maximum atomic E-state index is 11.3. The first-order valence-corrected chi connectivity index (χ1v) is 4.25. The fourth-order valence-electron chi connectivity index (χ4n) is 1.30. The topological polar surface area (TPSA) is 132 Å². The molecule has 0 radical (unpaired) electrons. The molecule has 16 heavy (non-hydrogen) atoms. The summed E-state index contributed by atoms with van der Waals surface area (Å²) >= 11 is 0. The SMILES string of the molecule is [N-]=[N+]=NC(=O)C1=CC=CCC1C(=O)N=[N+]=[N-]. The van der Waals surface area contributed by atoms with Crippen LogP contribution in [-0.2, 0) is 9.59 Å². The highest BCUT2D eigenvalue weighted by Crippen LogP contribution is 2.23. The van der Waals surface area contributed by atoms with Crippen LogP contribution in [0, 0.1) is 5.92 Å². The highest BCUT2D eigenvalue weighted by Gasteiger charge is 2.26. The van der Waals surface area contributed by atoms with Crippen LogP contribution in [-0.4, -0.2) is 11.8 Å². The number of hydrogen-bond donors (Lipinski definition) is 0. The van der Waals surface area contributed by atoms with Crippen molar-refractivity contribution in [1.29, 1.82) is 0 Å². The van der Waals surface area contributed by atoms with E-state index in [-0.39, 0.29) is 12.0 Å². The van der Waals surface area contributed by atoms with Gasteiger partial charge in [0.15, 0.2) is 0 Å². The minimum Gasteiger partial charge on any atom is -0.292 e. The third kappa shape index (κ3) is 2.48. The fourth-order valence-corrected chi connectivity index (χ4v) is 1.30. The smallest absolute Gasteiger partial charge is 0.245 e. The van der Waals surface area contributed by atoms with E-state index in [1.807, 2.05) is 0 Å². The Morgan fingerprint density at radius 3 is 2.62 bits per heavy atom. The van der Waals surface area contributed by atoms with E-state index in [2.05, 4.69) is 20.1 Å². The molecule has 0 aromatic heterocycles.